The van der Waals surface area contributed by atoms with Crippen molar-refractivity contribution in [1.82, 2.24) is 4.90 Å². The summed E-state index contributed by atoms with van der Waals surface area (Å²) in [4.78, 5) is 3.58. The van der Waals surface area contributed by atoms with Crippen LogP contribution in [0.4, 0.5) is 0 Å². The molecule has 3 heteroatoms. The van der Waals surface area contributed by atoms with Gasteiger partial charge in [0.1, 0.15) is 0 Å². The molecule has 1 atom stereocenters. The average molecular weight is 221 g/mol. The van der Waals surface area contributed by atoms with Crippen molar-refractivity contribution in [1.29, 1.82) is 0 Å². The number of piperidine rings is 3. The van der Waals surface area contributed by atoms with E-state index in [1.54, 1.807) is 11.3 Å². The molecule has 2 bridgehead atoms. The first kappa shape index (κ1) is 9.43. The summed E-state index contributed by atoms with van der Waals surface area (Å²) in [5, 5.41) is 12.2. The van der Waals surface area contributed by atoms with Gasteiger partial charge < -0.3 is 10.0 Å². The Bertz CT molecular complexity index is 359. The van der Waals surface area contributed by atoms with Gasteiger partial charge in [-0.3, -0.25) is 0 Å². The Hall–Kier alpha value is -0.800. The van der Waals surface area contributed by atoms with Crippen molar-refractivity contribution in [2.45, 2.75) is 18.9 Å². The Balaban J connectivity index is 1.92. The molecule has 4 heterocycles. The first-order valence-corrected chi connectivity index (χ1v) is 6.40. The molecular weight excluding hydrogens is 206 g/mol. The second kappa shape index (κ2) is 3.65. The maximum absolute atomic E-state index is 10.2. The smallest absolute Gasteiger partial charge is 0.0966 e. The number of hydrogen-bond donors (Lipinski definition) is 1. The molecule has 0 spiro atoms. The molecule has 1 aromatic rings. The van der Waals surface area contributed by atoms with Crippen LogP contribution in [0.5, 0.6) is 0 Å². The summed E-state index contributed by atoms with van der Waals surface area (Å²) < 4.78 is 0. The van der Waals surface area contributed by atoms with Crippen LogP contribution in [0.3, 0.4) is 0 Å². The number of thiophene rings is 1. The molecule has 3 aliphatic heterocycles. The van der Waals surface area contributed by atoms with E-state index in [0.29, 0.717) is 5.92 Å². The molecule has 3 saturated heterocycles. The molecule has 1 unspecified atom stereocenters. The van der Waals surface area contributed by atoms with Crippen LogP contribution in [-0.2, 0) is 0 Å². The lowest BCUT2D eigenvalue weighted by atomic mass is 9.83. The van der Waals surface area contributed by atoms with Crippen LogP contribution in [0.15, 0.2) is 23.2 Å². The van der Waals surface area contributed by atoms with Gasteiger partial charge in [-0.25, -0.2) is 0 Å². The SMILES string of the molecule is OC1/C(=C/c2cccs2)N2CCC1CC2. The van der Waals surface area contributed by atoms with E-state index in [1.807, 2.05) is 0 Å². The summed E-state index contributed by atoms with van der Waals surface area (Å²) in [5.74, 6) is 0.501. The fraction of sp³-hybridized carbons (Fsp3) is 0.500. The molecule has 2 nitrogen and oxygen atoms in total. The quantitative estimate of drug-likeness (QED) is 0.785. The zero-order chi connectivity index (χ0) is 10.3. The molecule has 15 heavy (non-hydrogen) atoms. The lowest BCUT2D eigenvalue weighted by Gasteiger charge is -2.45. The predicted octanol–water partition coefficient (Wildman–Crippen LogP) is 2.18. The number of aliphatic hydroxyl groups excluding tert-OH is 1. The van der Waals surface area contributed by atoms with E-state index in [0.717, 1.165) is 31.6 Å². The second-order valence-electron chi connectivity index (χ2n) is 4.35. The highest BCUT2D eigenvalue weighted by atomic mass is 32.1. The molecular formula is C12H15NOS. The second-order valence-corrected chi connectivity index (χ2v) is 5.33. The van der Waals surface area contributed by atoms with Gasteiger partial charge in [-0.05, 0) is 36.3 Å². The first-order chi connectivity index (χ1) is 7.34. The molecule has 4 rings (SSSR count). The standard InChI is InChI=1S/C12H15NOS/c14-12-9-3-5-13(6-4-9)11(12)8-10-2-1-7-15-10/h1-2,7-9,12,14H,3-6H2/b11-8-. The van der Waals surface area contributed by atoms with Gasteiger partial charge in [0.2, 0.25) is 0 Å². The molecule has 0 radical (unpaired) electrons. The molecule has 0 amide bonds. The monoisotopic (exact) mass is 221 g/mol. The number of fused-ring (bicyclic) bond motifs is 3. The molecule has 3 fully saturated rings. The van der Waals surface area contributed by atoms with E-state index < -0.39 is 0 Å². The maximum atomic E-state index is 10.2. The minimum atomic E-state index is -0.227. The molecule has 1 N–H and O–H groups in total. The molecule has 0 aromatic carbocycles. The topological polar surface area (TPSA) is 23.5 Å². The van der Waals surface area contributed by atoms with E-state index >= 15 is 0 Å². The van der Waals surface area contributed by atoms with Gasteiger partial charge in [0, 0.05) is 23.7 Å². The molecule has 0 aliphatic carbocycles. The van der Waals surface area contributed by atoms with Crippen molar-refractivity contribution in [2.24, 2.45) is 5.92 Å². The Morgan fingerprint density at radius 2 is 2.20 bits per heavy atom. The molecule has 1 aromatic heterocycles. The molecule has 3 aliphatic rings. The third kappa shape index (κ3) is 1.60. The third-order valence-electron chi connectivity index (χ3n) is 3.49. The lowest BCUT2D eigenvalue weighted by molar-refractivity contribution is 0.0215. The number of hydrogen-bond acceptors (Lipinski definition) is 3. The van der Waals surface area contributed by atoms with Gasteiger partial charge in [0.05, 0.1) is 6.10 Å². The predicted molar refractivity (Wildman–Crippen MR) is 62.6 cm³/mol. The highest BCUT2D eigenvalue weighted by molar-refractivity contribution is 7.10. The highest BCUT2D eigenvalue weighted by Gasteiger charge is 2.36. The van der Waals surface area contributed by atoms with E-state index in [4.69, 9.17) is 0 Å². The van der Waals surface area contributed by atoms with Crippen LogP contribution in [0.2, 0.25) is 0 Å². The number of nitrogens with zero attached hydrogens (tertiary/aromatic N) is 1. The van der Waals surface area contributed by atoms with E-state index in [-0.39, 0.29) is 6.10 Å². The maximum Gasteiger partial charge on any atom is 0.0966 e. The van der Waals surface area contributed by atoms with Gasteiger partial charge >= 0.3 is 0 Å². The summed E-state index contributed by atoms with van der Waals surface area (Å²) >= 11 is 1.73. The van der Waals surface area contributed by atoms with Gasteiger partial charge in [-0.2, -0.15) is 0 Å². The number of aliphatic hydroxyl groups is 1. The number of rotatable bonds is 1. The average Bonchev–Trinajstić information content (AvgIpc) is 2.77. The molecule has 80 valence electrons. The van der Waals surface area contributed by atoms with Gasteiger partial charge in [0.25, 0.3) is 0 Å². The van der Waals surface area contributed by atoms with Crippen LogP contribution in [0.1, 0.15) is 17.7 Å². The van der Waals surface area contributed by atoms with Gasteiger partial charge in [0.15, 0.2) is 0 Å². The lowest BCUT2D eigenvalue weighted by Crippen LogP contribution is -2.48. The van der Waals surface area contributed by atoms with E-state index in [2.05, 4.69) is 28.5 Å². The summed E-state index contributed by atoms with van der Waals surface area (Å²) in [5.41, 5.74) is 1.14. The summed E-state index contributed by atoms with van der Waals surface area (Å²) in [6.07, 6.45) is 4.24. The fourth-order valence-electron chi connectivity index (χ4n) is 2.60. The van der Waals surface area contributed by atoms with Crippen LogP contribution >= 0.6 is 11.3 Å². The minimum absolute atomic E-state index is 0.227. The third-order valence-corrected chi connectivity index (χ3v) is 4.31. The zero-order valence-corrected chi connectivity index (χ0v) is 9.41. The summed E-state index contributed by atoms with van der Waals surface area (Å²) in [6, 6.07) is 4.16. The van der Waals surface area contributed by atoms with Crippen molar-refractivity contribution in [3.8, 4) is 0 Å². The van der Waals surface area contributed by atoms with Crippen LogP contribution < -0.4 is 0 Å². The zero-order valence-electron chi connectivity index (χ0n) is 8.60. The first-order valence-electron chi connectivity index (χ1n) is 5.53. The van der Waals surface area contributed by atoms with Crippen molar-refractivity contribution in [3.63, 3.8) is 0 Å². The van der Waals surface area contributed by atoms with Crippen molar-refractivity contribution in [2.75, 3.05) is 13.1 Å². The van der Waals surface area contributed by atoms with Crippen LogP contribution in [0.25, 0.3) is 6.08 Å². The van der Waals surface area contributed by atoms with Crippen molar-refractivity contribution < 1.29 is 5.11 Å². The largest absolute Gasteiger partial charge is 0.387 e. The van der Waals surface area contributed by atoms with Crippen LogP contribution in [-0.4, -0.2) is 29.2 Å². The Kier molecular flexibility index (Phi) is 2.29. The Morgan fingerprint density at radius 3 is 2.80 bits per heavy atom. The summed E-state index contributed by atoms with van der Waals surface area (Å²) in [7, 11) is 0. The highest BCUT2D eigenvalue weighted by Crippen LogP contribution is 2.35. The van der Waals surface area contributed by atoms with Crippen molar-refractivity contribution in [3.05, 3.63) is 28.1 Å². The Morgan fingerprint density at radius 1 is 1.40 bits per heavy atom. The normalized spacial score (nSPS) is 32.6. The van der Waals surface area contributed by atoms with Crippen molar-refractivity contribution >= 4 is 17.4 Å². The molecule has 0 saturated carbocycles. The van der Waals surface area contributed by atoms with Gasteiger partial charge in [-0.15, -0.1) is 11.3 Å². The van der Waals surface area contributed by atoms with Crippen LogP contribution in [0, 0.1) is 5.92 Å². The van der Waals surface area contributed by atoms with Gasteiger partial charge in [-0.1, -0.05) is 6.07 Å². The summed E-state index contributed by atoms with van der Waals surface area (Å²) in [6.45, 7) is 2.25. The van der Waals surface area contributed by atoms with E-state index in [9.17, 15) is 5.11 Å². The Labute approximate surface area is 93.8 Å². The van der Waals surface area contributed by atoms with E-state index in [1.165, 1.54) is 4.88 Å². The fourth-order valence-corrected chi connectivity index (χ4v) is 3.26. The minimum Gasteiger partial charge on any atom is -0.387 e.